The third kappa shape index (κ3) is 4.19. The molecule has 0 bridgehead atoms. The molecule has 3 rings (SSSR count). The van der Waals surface area contributed by atoms with E-state index in [-0.39, 0.29) is 23.3 Å². The number of phenols is 1. The zero-order valence-electron chi connectivity index (χ0n) is 15.6. The Hall–Kier alpha value is -3.21. The first-order chi connectivity index (χ1) is 13.3. The molecule has 3 aromatic rings. The lowest BCUT2D eigenvalue weighted by atomic mass is 9.83. The normalized spacial score (nSPS) is 11.5. The number of benzene rings is 3. The molecule has 0 aromatic heterocycles. The Morgan fingerprint density at radius 1 is 0.821 bits per heavy atom. The molecule has 5 heteroatoms. The predicted octanol–water partition coefficient (Wildman–Crippen LogP) is 4.85. The number of carbonyl (C=O) groups excluding carboxylic acids is 1. The number of hydrogen-bond acceptors (Lipinski definition) is 2. The van der Waals surface area contributed by atoms with Gasteiger partial charge in [0.1, 0.15) is 17.4 Å². The molecule has 0 fully saturated rings. The van der Waals surface area contributed by atoms with E-state index in [1.54, 1.807) is 50.2 Å². The second-order valence-corrected chi connectivity index (χ2v) is 7.18. The van der Waals surface area contributed by atoms with Gasteiger partial charge in [0.05, 0.1) is 11.5 Å². The fourth-order valence-electron chi connectivity index (χ4n) is 2.99. The van der Waals surface area contributed by atoms with Crippen molar-refractivity contribution in [2.24, 2.45) is 0 Å². The molecular weight excluding hydrogens is 360 g/mol. The summed E-state index contributed by atoms with van der Waals surface area (Å²) in [5.74, 6) is -0.887. The minimum atomic E-state index is -0.883. The SMILES string of the molecule is CC(C)(C(=O)NC(c1ccc(F)cc1)c1ccc(F)cc1)c1ccc(O)cc1. The second-order valence-electron chi connectivity index (χ2n) is 7.18. The third-order valence-electron chi connectivity index (χ3n) is 4.84. The molecule has 0 unspecified atom stereocenters. The van der Waals surface area contributed by atoms with Crippen molar-refractivity contribution in [1.29, 1.82) is 0 Å². The number of carbonyl (C=O) groups is 1. The van der Waals surface area contributed by atoms with E-state index in [9.17, 15) is 18.7 Å². The number of amides is 1. The minimum absolute atomic E-state index is 0.121. The number of rotatable bonds is 5. The van der Waals surface area contributed by atoms with Crippen LogP contribution >= 0.6 is 0 Å². The van der Waals surface area contributed by atoms with Gasteiger partial charge in [0.2, 0.25) is 5.91 Å². The Balaban J connectivity index is 1.94. The first-order valence-corrected chi connectivity index (χ1v) is 8.89. The second kappa shape index (κ2) is 7.80. The number of halogens is 2. The summed E-state index contributed by atoms with van der Waals surface area (Å²) in [6.07, 6.45) is 0. The van der Waals surface area contributed by atoms with Gasteiger partial charge in [-0.3, -0.25) is 4.79 Å². The van der Waals surface area contributed by atoms with Crippen LogP contribution in [0.2, 0.25) is 0 Å². The molecule has 1 amide bonds. The maximum Gasteiger partial charge on any atom is 0.230 e. The molecule has 28 heavy (non-hydrogen) atoms. The number of aromatic hydroxyl groups is 1. The largest absolute Gasteiger partial charge is 0.508 e. The van der Waals surface area contributed by atoms with Crippen LogP contribution in [0.1, 0.15) is 36.6 Å². The first kappa shape index (κ1) is 19.5. The lowest BCUT2D eigenvalue weighted by molar-refractivity contribution is -0.126. The van der Waals surface area contributed by atoms with Crippen LogP contribution in [0.25, 0.3) is 0 Å². The van der Waals surface area contributed by atoms with Gasteiger partial charge in [-0.1, -0.05) is 36.4 Å². The summed E-state index contributed by atoms with van der Waals surface area (Å²) in [6, 6.07) is 17.6. The molecule has 0 aliphatic heterocycles. The van der Waals surface area contributed by atoms with E-state index in [1.165, 1.54) is 36.4 Å². The van der Waals surface area contributed by atoms with Crippen LogP contribution in [0.3, 0.4) is 0 Å². The quantitative estimate of drug-likeness (QED) is 0.664. The molecule has 0 saturated heterocycles. The molecule has 0 heterocycles. The molecule has 0 spiro atoms. The third-order valence-corrected chi connectivity index (χ3v) is 4.84. The fourth-order valence-corrected chi connectivity index (χ4v) is 2.99. The van der Waals surface area contributed by atoms with Crippen molar-refractivity contribution in [1.82, 2.24) is 5.32 Å². The zero-order chi connectivity index (χ0) is 20.3. The molecule has 3 nitrogen and oxygen atoms in total. The number of phenolic OH excluding ortho intramolecular Hbond substituents is 1. The predicted molar refractivity (Wildman–Crippen MR) is 104 cm³/mol. The van der Waals surface area contributed by atoms with Crippen LogP contribution in [0, 0.1) is 11.6 Å². The fraction of sp³-hybridized carbons (Fsp3) is 0.174. The minimum Gasteiger partial charge on any atom is -0.508 e. The molecular formula is C23H21F2NO2. The highest BCUT2D eigenvalue weighted by molar-refractivity contribution is 5.88. The van der Waals surface area contributed by atoms with Crippen LogP contribution in [-0.4, -0.2) is 11.0 Å². The molecule has 0 aliphatic rings. The van der Waals surface area contributed by atoms with E-state index in [0.717, 1.165) is 5.56 Å². The Bertz CT molecular complexity index is 904. The van der Waals surface area contributed by atoms with Crippen LogP contribution in [0.5, 0.6) is 5.75 Å². The summed E-state index contributed by atoms with van der Waals surface area (Å²) in [5.41, 5.74) is 1.22. The van der Waals surface area contributed by atoms with Crippen LogP contribution in [0.4, 0.5) is 8.78 Å². The zero-order valence-corrected chi connectivity index (χ0v) is 15.6. The summed E-state index contributed by atoms with van der Waals surface area (Å²) in [4.78, 5) is 13.1. The van der Waals surface area contributed by atoms with Gasteiger partial charge in [-0.15, -0.1) is 0 Å². The molecule has 3 aromatic carbocycles. The van der Waals surface area contributed by atoms with E-state index in [4.69, 9.17) is 0 Å². The topological polar surface area (TPSA) is 49.3 Å². The molecule has 0 saturated carbocycles. The van der Waals surface area contributed by atoms with Crippen molar-refractivity contribution in [2.45, 2.75) is 25.3 Å². The lowest BCUT2D eigenvalue weighted by Crippen LogP contribution is -2.42. The van der Waals surface area contributed by atoms with Crippen LogP contribution in [-0.2, 0) is 10.2 Å². The smallest absolute Gasteiger partial charge is 0.230 e. The van der Waals surface area contributed by atoms with Gasteiger partial charge in [-0.25, -0.2) is 8.78 Å². The summed E-state index contributed by atoms with van der Waals surface area (Å²) in [6.45, 7) is 3.56. The first-order valence-electron chi connectivity index (χ1n) is 8.89. The summed E-state index contributed by atoms with van der Waals surface area (Å²) in [7, 11) is 0. The highest BCUT2D eigenvalue weighted by atomic mass is 19.1. The summed E-state index contributed by atoms with van der Waals surface area (Å²) >= 11 is 0. The van der Waals surface area contributed by atoms with Gasteiger partial charge in [0.15, 0.2) is 0 Å². The molecule has 144 valence electrons. The standard InChI is InChI=1S/C23H21F2NO2/c1-23(2,17-7-13-20(27)14-8-17)22(28)26-21(15-3-9-18(24)10-4-15)16-5-11-19(25)12-6-16/h3-14,21,27H,1-2H3,(H,26,28). The monoisotopic (exact) mass is 381 g/mol. The van der Waals surface area contributed by atoms with Gasteiger partial charge in [-0.2, -0.15) is 0 Å². The van der Waals surface area contributed by atoms with E-state index in [1.807, 2.05) is 0 Å². The van der Waals surface area contributed by atoms with Crippen molar-refractivity contribution in [3.8, 4) is 5.75 Å². The van der Waals surface area contributed by atoms with Gasteiger partial charge in [0.25, 0.3) is 0 Å². The van der Waals surface area contributed by atoms with Gasteiger partial charge in [-0.05, 0) is 66.9 Å². The Kier molecular flexibility index (Phi) is 5.45. The highest BCUT2D eigenvalue weighted by Crippen LogP contribution is 2.29. The molecule has 0 atom stereocenters. The lowest BCUT2D eigenvalue weighted by Gasteiger charge is -2.28. The Morgan fingerprint density at radius 2 is 1.25 bits per heavy atom. The molecule has 0 radical (unpaired) electrons. The van der Waals surface area contributed by atoms with Crippen molar-refractivity contribution in [3.63, 3.8) is 0 Å². The summed E-state index contributed by atoms with van der Waals surface area (Å²) < 4.78 is 26.7. The maximum atomic E-state index is 13.4. The summed E-state index contributed by atoms with van der Waals surface area (Å²) in [5, 5.41) is 12.5. The number of nitrogens with one attached hydrogen (secondary N) is 1. The Morgan fingerprint density at radius 3 is 1.68 bits per heavy atom. The van der Waals surface area contributed by atoms with E-state index in [0.29, 0.717) is 11.1 Å². The molecule has 2 N–H and O–H groups in total. The highest BCUT2D eigenvalue weighted by Gasteiger charge is 2.32. The van der Waals surface area contributed by atoms with Gasteiger partial charge >= 0.3 is 0 Å². The van der Waals surface area contributed by atoms with Crippen molar-refractivity contribution in [2.75, 3.05) is 0 Å². The van der Waals surface area contributed by atoms with E-state index < -0.39 is 11.5 Å². The van der Waals surface area contributed by atoms with E-state index in [2.05, 4.69) is 5.32 Å². The molecule has 0 aliphatic carbocycles. The maximum absolute atomic E-state index is 13.4. The van der Waals surface area contributed by atoms with Crippen molar-refractivity contribution in [3.05, 3.63) is 101 Å². The van der Waals surface area contributed by atoms with Crippen molar-refractivity contribution < 1.29 is 18.7 Å². The Labute approximate surface area is 162 Å². The van der Waals surface area contributed by atoms with E-state index >= 15 is 0 Å². The van der Waals surface area contributed by atoms with Crippen LogP contribution < -0.4 is 5.32 Å². The number of hydrogen-bond donors (Lipinski definition) is 2. The van der Waals surface area contributed by atoms with Crippen molar-refractivity contribution >= 4 is 5.91 Å². The van der Waals surface area contributed by atoms with Gasteiger partial charge in [0, 0.05) is 0 Å². The van der Waals surface area contributed by atoms with Gasteiger partial charge < -0.3 is 10.4 Å². The average molecular weight is 381 g/mol. The van der Waals surface area contributed by atoms with Crippen LogP contribution in [0.15, 0.2) is 72.8 Å². The average Bonchev–Trinajstić information content (AvgIpc) is 2.68.